The van der Waals surface area contributed by atoms with Crippen LogP contribution < -0.4 is 14.4 Å². The van der Waals surface area contributed by atoms with Crippen molar-refractivity contribution in [2.45, 2.75) is 44.2 Å². The molecule has 2 aromatic rings. The first-order valence-electron chi connectivity index (χ1n) is 11.9. The van der Waals surface area contributed by atoms with E-state index in [1.165, 1.54) is 0 Å². The van der Waals surface area contributed by atoms with Crippen LogP contribution in [0.5, 0.6) is 11.5 Å². The number of rotatable bonds is 7. The minimum Gasteiger partial charge on any atom is -0.493 e. The Kier molecular flexibility index (Phi) is 9.18. The number of aliphatic hydroxyl groups is 1. The molecule has 1 aromatic heterocycles. The largest absolute Gasteiger partial charge is 0.493 e. The standard InChI is InChI=1S/C22H28N4O3.C4H4O4/c1-5-29-20-9-15-16-8-14(27)6-7-18(16)25-21(17(15)10-19(20)28-4)13-11-23-22(24-12-13)26(2)3;5-3(6)1-2-4(7)8/h9-12,14,16,18,27H,5-8H2,1-4H3;1-2H,(H,5,6)(H,7,8)/t14-,16-,18-;/m1./s1. The molecule has 0 unspecified atom stereocenters. The van der Waals surface area contributed by atoms with Crippen molar-refractivity contribution in [2.75, 3.05) is 32.7 Å². The molecule has 0 radical (unpaired) electrons. The number of nitrogens with zero attached hydrogens (tertiary/aromatic N) is 4. The van der Waals surface area contributed by atoms with Crippen LogP contribution in [0.4, 0.5) is 5.95 Å². The molecule has 3 atom stereocenters. The van der Waals surface area contributed by atoms with Crippen LogP contribution in [0.1, 0.15) is 48.8 Å². The predicted molar refractivity (Wildman–Crippen MR) is 137 cm³/mol. The number of hydrogen-bond acceptors (Lipinski definition) is 9. The number of ether oxygens (including phenoxy) is 2. The zero-order chi connectivity index (χ0) is 27.1. The van der Waals surface area contributed by atoms with Gasteiger partial charge < -0.3 is 29.7 Å². The van der Waals surface area contributed by atoms with Crippen LogP contribution in [0, 0.1) is 0 Å². The monoisotopic (exact) mass is 512 g/mol. The van der Waals surface area contributed by atoms with Crippen molar-refractivity contribution >= 4 is 23.6 Å². The van der Waals surface area contributed by atoms with E-state index in [9.17, 15) is 14.7 Å². The van der Waals surface area contributed by atoms with E-state index in [1.54, 1.807) is 7.11 Å². The van der Waals surface area contributed by atoms with Crippen LogP contribution in [0.2, 0.25) is 0 Å². The number of aliphatic imine (C=N–C) groups is 1. The Balaban J connectivity index is 0.000000414. The van der Waals surface area contributed by atoms with E-state index in [0.717, 1.165) is 41.0 Å². The zero-order valence-corrected chi connectivity index (χ0v) is 21.3. The van der Waals surface area contributed by atoms with Crippen molar-refractivity contribution in [2.24, 2.45) is 4.99 Å². The Morgan fingerprint density at radius 1 is 1.08 bits per heavy atom. The third-order valence-corrected chi connectivity index (χ3v) is 6.05. The second kappa shape index (κ2) is 12.3. The molecule has 1 saturated carbocycles. The average Bonchev–Trinajstić information content (AvgIpc) is 2.87. The van der Waals surface area contributed by atoms with Gasteiger partial charge in [-0.2, -0.15) is 0 Å². The van der Waals surface area contributed by atoms with Gasteiger partial charge in [-0.05, 0) is 43.9 Å². The first kappa shape index (κ1) is 27.6. The molecule has 0 amide bonds. The Morgan fingerprint density at radius 2 is 1.73 bits per heavy atom. The van der Waals surface area contributed by atoms with E-state index >= 15 is 0 Å². The molecule has 198 valence electrons. The molecule has 0 bridgehead atoms. The van der Waals surface area contributed by atoms with Crippen molar-refractivity contribution in [3.05, 3.63) is 53.4 Å². The van der Waals surface area contributed by atoms with Crippen molar-refractivity contribution in [3.63, 3.8) is 0 Å². The Morgan fingerprint density at radius 3 is 2.27 bits per heavy atom. The van der Waals surface area contributed by atoms with Gasteiger partial charge in [0.2, 0.25) is 5.95 Å². The molecule has 3 N–H and O–H groups in total. The number of carboxylic acids is 2. The van der Waals surface area contributed by atoms with Crippen LogP contribution in [0.15, 0.2) is 41.7 Å². The van der Waals surface area contributed by atoms with Crippen molar-refractivity contribution in [1.82, 2.24) is 9.97 Å². The topological polar surface area (TPSA) is 155 Å². The number of fused-ring (bicyclic) bond motifs is 3. The first-order chi connectivity index (χ1) is 17.6. The van der Waals surface area contributed by atoms with E-state index in [1.807, 2.05) is 44.4 Å². The summed E-state index contributed by atoms with van der Waals surface area (Å²) >= 11 is 0. The summed E-state index contributed by atoms with van der Waals surface area (Å²) in [6, 6.07) is 4.20. The number of hydrogen-bond donors (Lipinski definition) is 3. The fourth-order valence-electron chi connectivity index (χ4n) is 4.42. The minimum atomic E-state index is -1.26. The summed E-state index contributed by atoms with van der Waals surface area (Å²) in [5, 5.41) is 25.9. The number of benzene rings is 1. The maximum absolute atomic E-state index is 10.3. The lowest BCUT2D eigenvalue weighted by molar-refractivity contribution is -0.134. The molecule has 0 saturated heterocycles. The molecule has 1 aliphatic heterocycles. The number of methoxy groups -OCH3 is 1. The van der Waals surface area contributed by atoms with Gasteiger partial charge in [0.05, 0.1) is 31.6 Å². The second-order valence-corrected chi connectivity index (χ2v) is 8.82. The molecule has 2 heterocycles. The van der Waals surface area contributed by atoms with Gasteiger partial charge in [0, 0.05) is 55.7 Å². The molecule has 2 aliphatic rings. The van der Waals surface area contributed by atoms with E-state index in [-0.39, 0.29) is 18.1 Å². The number of carboxylic acid groups (broad SMARTS) is 2. The van der Waals surface area contributed by atoms with Crippen LogP contribution in [0.25, 0.3) is 0 Å². The molecular formula is C26H32N4O7. The number of carbonyl (C=O) groups is 2. The number of aliphatic hydroxyl groups excluding tert-OH is 1. The van der Waals surface area contributed by atoms with Gasteiger partial charge in [-0.3, -0.25) is 4.99 Å². The molecule has 37 heavy (non-hydrogen) atoms. The number of aromatic nitrogens is 2. The van der Waals surface area contributed by atoms with Gasteiger partial charge in [0.25, 0.3) is 0 Å². The summed E-state index contributed by atoms with van der Waals surface area (Å²) < 4.78 is 11.4. The fourth-order valence-corrected chi connectivity index (χ4v) is 4.42. The molecule has 11 nitrogen and oxygen atoms in total. The summed E-state index contributed by atoms with van der Waals surface area (Å²) in [7, 11) is 5.48. The van der Waals surface area contributed by atoms with Crippen molar-refractivity contribution < 1.29 is 34.4 Å². The molecule has 0 spiro atoms. The molecule has 11 heteroatoms. The summed E-state index contributed by atoms with van der Waals surface area (Å²) in [4.78, 5) is 35.0. The highest BCUT2D eigenvalue weighted by molar-refractivity contribution is 6.14. The zero-order valence-electron chi connectivity index (χ0n) is 21.3. The lowest BCUT2D eigenvalue weighted by Gasteiger charge is -2.37. The SMILES string of the molecule is CCOc1cc2c(cc1OC)C(c1cnc(N(C)C)nc1)=N[C@@H]1CC[C@@H](O)C[C@H]21.O=C(O)C=CC(=O)O. The normalized spacial score (nSPS) is 20.0. The third kappa shape index (κ3) is 6.82. The molecule has 1 fully saturated rings. The molecular weight excluding hydrogens is 480 g/mol. The van der Waals surface area contributed by atoms with Crippen molar-refractivity contribution in [3.8, 4) is 11.5 Å². The lowest BCUT2D eigenvalue weighted by Crippen LogP contribution is -2.34. The highest BCUT2D eigenvalue weighted by atomic mass is 16.5. The summed E-state index contributed by atoms with van der Waals surface area (Å²) in [6.45, 7) is 2.52. The van der Waals surface area contributed by atoms with E-state index in [4.69, 9.17) is 24.7 Å². The van der Waals surface area contributed by atoms with Crippen LogP contribution in [-0.2, 0) is 9.59 Å². The van der Waals surface area contributed by atoms with E-state index in [2.05, 4.69) is 16.0 Å². The minimum absolute atomic E-state index is 0.136. The predicted octanol–water partition coefficient (Wildman–Crippen LogP) is 2.51. The van der Waals surface area contributed by atoms with Gasteiger partial charge in [0.1, 0.15) is 0 Å². The summed E-state index contributed by atoms with van der Waals surface area (Å²) in [5.74, 6) is -0.273. The number of anilines is 1. The lowest BCUT2D eigenvalue weighted by atomic mass is 9.74. The Hall–Kier alpha value is -3.99. The average molecular weight is 513 g/mol. The number of aliphatic carboxylic acids is 2. The molecule has 1 aromatic carbocycles. The van der Waals surface area contributed by atoms with Crippen LogP contribution in [0.3, 0.4) is 0 Å². The van der Waals surface area contributed by atoms with E-state index in [0.29, 0.717) is 36.9 Å². The molecule has 1 aliphatic carbocycles. The maximum atomic E-state index is 10.3. The van der Waals surface area contributed by atoms with E-state index < -0.39 is 11.9 Å². The van der Waals surface area contributed by atoms with Crippen LogP contribution in [-0.4, -0.2) is 82.9 Å². The van der Waals surface area contributed by atoms with Gasteiger partial charge >= 0.3 is 11.9 Å². The van der Waals surface area contributed by atoms with Crippen LogP contribution >= 0.6 is 0 Å². The highest BCUT2D eigenvalue weighted by Gasteiger charge is 2.37. The van der Waals surface area contributed by atoms with Gasteiger partial charge in [-0.1, -0.05) is 0 Å². The third-order valence-electron chi connectivity index (χ3n) is 6.05. The fraction of sp³-hybridized carbons (Fsp3) is 0.423. The second-order valence-electron chi connectivity index (χ2n) is 8.82. The van der Waals surface area contributed by atoms with Gasteiger partial charge in [-0.25, -0.2) is 19.6 Å². The smallest absolute Gasteiger partial charge is 0.328 e. The summed E-state index contributed by atoms with van der Waals surface area (Å²) in [6.07, 6.45) is 6.82. The highest BCUT2D eigenvalue weighted by Crippen LogP contribution is 2.44. The Bertz CT molecular complexity index is 1160. The van der Waals surface area contributed by atoms with Crippen molar-refractivity contribution in [1.29, 1.82) is 0 Å². The van der Waals surface area contributed by atoms with Gasteiger partial charge in [-0.15, -0.1) is 0 Å². The molecule has 4 rings (SSSR count). The Labute approximate surface area is 215 Å². The quantitative estimate of drug-likeness (QED) is 0.471. The summed E-state index contributed by atoms with van der Waals surface area (Å²) in [5.41, 5.74) is 3.92. The van der Waals surface area contributed by atoms with Gasteiger partial charge in [0.15, 0.2) is 11.5 Å². The maximum Gasteiger partial charge on any atom is 0.328 e. The first-order valence-corrected chi connectivity index (χ1v) is 11.9.